The molecular weight excluding hydrogens is 384 g/mol. The number of hydrogen-bond donors (Lipinski definition) is 4. The predicted molar refractivity (Wildman–Crippen MR) is 116 cm³/mol. The molecule has 0 aliphatic heterocycles. The lowest BCUT2D eigenvalue weighted by molar-refractivity contribution is -0.128. The molecule has 1 aromatic carbocycles. The Bertz CT molecular complexity index is 898. The number of ether oxygens (including phenoxy) is 1. The molecule has 30 heavy (non-hydrogen) atoms. The first-order valence-electron chi connectivity index (χ1n) is 10.1. The highest BCUT2D eigenvalue weighted by atomic mass is 16.6. The average molecular weight is 417 g/mol. The van der Waals surface area contributed by atoms with Gasteiger partial charge in [-0.05, 0) is 44.7 Å². The average Bonchev–Trinajstić information content (AvgIpc) is 3.01. The van der Waals surface area contributed by atoms with Crippen LogP contribution in [-0.2, 0) is 20.7 Å². The lowest BCUT2D eigenvalue weighted by atomic mass is 10.0. The number of rotatable bonds is 8. The number of benzene rings is 1. The van der Waals surface area contributed by atoms with Crippen LogP contribution in [0.25, 0.3) is 10.9 Å². The molecule has 0 aliphatic rings. The lowest BCUT2D eigenvalue weighted by Crippen LogP contribution is -2.54. The molecule has 0 fully saturated rings. The fraction of sp³-hybridized carbons (Fsp3) is 0.500. The number of hydrogen-bond acceptors (Lipinski definition) is 4. The van der Waals surface area contributed by atoms with Crippen LogP contribution in [-0.4, -0.2) is 40.6 Å². The zero-order valence-electron chi connectivity index (χ0n) is 18.2. The molecule has 0 saturated carbocycles. The highest BCUT2D eigenvalue weighted by molar-refractivity contribution is 5.92. The predicted octanol–water partition coefficient (Wildman–Crippen LogP) is 2.62. The molecule has 1 aromatic heterocycles. The summed E-state index contributed by atoms with van der Waals surface area (Å²) in [5.74, 6) is -0.940. The van der Waals surface area contributed by atoms with Crippen LogP contribution in [0.4, 0.5) is 4.79 Å². The third-order valence-corrected chi connectivity index (χ3v) is 4.47. The fourth-order valence-electron chi connectivity index (χ4n) is 3.17. The summed E-state index contributed by atoms with van der Waals surface area (Å²) in [6.45, 7) is 9.10. The molecule has 8 nitrogen and oxygen atoms in total. The van der Waals surface area contributed by atoms with E-state index in [1.165, 1.54) is 0 Å². The maximum absolute atomic E-state index is 13.0. The molecule has 0 saturated heterocycles. The van der Waals surface area contributed by atoms with E-state index in [9.17, 15) is 14.4 Å². The van der Waals surface area contributed by atoms with E-state index < -0.39 is 35.6 Å². The van der Waals surface area contributed by atoms with Crippen LogP contribution in [0.2, 0.25) is 0 Å². The zero-order valence-corrected chi connectivity index (χ0v) is 18.2. The van der Waals surface area contributed by atoms with E-state index in [1.54, 1.807) is 27.0 Å². The third kappa shape index (κ3) is 6.79. The fourth-order valence-corrected chi connectivity index (χ4v) is 3.17. The molecule has 0 aliphatic carbocycles. The summed E-state index contributed by atoms with van der Waals surface area (Å²) in [4.78, 5) is 40.3. The molecule has 0 unspecified atom stereocenters. The van der Waals surface area contributed by atoms with E-state index in [-0.39, 0.29) is 12.3 Å². The van der Waals surface area contributed by atoms with Gasteiger partial charge in [0.2, 0.25) is 11.8 Å². The van der Waals surface area contributed by atoms with Gasteiger partial charge in [0.15, 0.2) is 0 Å². The number of aromatic amines is 1. The van der Waals surface area contributed by atoms with Gasteiger partial charge in [0.05, 0.1) is 0 Å². The molecule has 2 atom stereocenters. The number of fused-ring (bicyclic) bond motifs is 1. The summed E-state index contributed by atoms with van der Waals surface area (Å²) >= 11 is 0. The molecule has 2 rings (SSSR count). The number of carbonyl (C=O) groups excluding carboxylic acids is 3. The van der Waals surface area contributed by atoms with Crippen molar-refractivity contribution in [2.75, 3.05) is 0 Å². The molecule has 0 bridgehead atoms. The van der Waals surface area contributed by atoms with Gasteiger partial charge in [-0.2, -0.15) is 0 Å². The normalized spacial score (nSPS) is 13.7. The topological polar surface area (TPSA) is 126 Å². The van der Waals surface area contributed by atoms with E-state index in [2.05, 4.69) is 15.6 Å². The molecule has 0 radical (unpaired) electrons. The molecular formula is C22H32N4O4. The van der Waals surface area contributed by atoms with Gasteiger partial charge in [-0.25, -0.2) is 4.79 Å². The van der Waals surface area contributed by atoms with Crippen LogP contribution in [0, 0.1) is 5.92 Å². The van der Waals surface area contributed by atoms with E-state index >= 15 is 0 Å². The quantitative estimate of drug-likeness (QED) is 0.527. The second-order valence-electron chi connectivity index (χ2n) is 8.86. The Morgan fingerprint density at radius 3 is 2.37 bits per heavy atom. The van der Waals surface area contributed by atoms with E-state index in [0.717, 1.165) is 16.5 Å². The first-order chi connectivity index (χ1) is 14.0. The molecule has 5 N–H and O–H groups in total. The van der Waals surface area contributed by atoms with Crippen molar-refractivity contribution in [3.63, 3.8) is 0 Å². The minimum atomic E-state index is -0.937. The number of alkyl carbamates (subject to hydrolysis) is 1. The van der Waals surface area contributed by atoms with Crippen molar-refractivity contribution >= 4 is 28.8 Å². The Labute approximate surface area is 176 Å². The monoisotopic (exact) mass is 416 g/mol. The number of nitrogens with two attached hydrogens (primary N) is 1. The van der Waals surface area contributed by atoms with Gasteiger partial charge >= 0.3 is 6.09 Å². The lowest BCUT2D eigenvalue weighted by Gasteiger charge is -2.25. The Hall–Kier alpha value is -3.03. The number of H-pyrrole nitrogens is 1. The summed E-state index contributed by atoms with van der Waals surface area (Å²) < 4.78 is 5.31. The maximum atomic E-state index is 13.0. The highest BCUT2D eigenvalue weighted by Gasteiger charge is 2.28. The van der Waals surface area contributed by atoms with Crippen LogP contribution < -0.4 is 16.4 Å². The van der Waals surface area contributed by atoms with Gasteiger partial charge in [-0.1, -0.05) is 32.0 Å². The Morgan fingerprint density at radius 2 is 1.77 bits per heavy atom. The van der Waals surface area contributed by atoms with Crippen molar-refractivity contribution in [1.82, 2.24) is 15.6 Å². The van der Waals surface area contributed by atoms with E-state index in [1.807, 2.05) is 38.1 Å². The van der Waals surface area contributed by atoms with Crippen molar-refractivity contribution in [2.24, 2.45) is 11.7 Å². The van der Waals surface area contributed by atoms with Gasteiger partial charge in [-0.15, -0.1) is 0 Å². The largest absolute Gasteiger partial charge is 0.444 e. The highest BCUT2D eigenvalue weighted by Crippen LogP contribution is 2.19. The van der Waals surface area contributed by atoms with Crippen molar-refractivity contribution in [1.29, 1.82) is 0 Å². The van der Waals surface area contributed by atoms with Gasteiger partial charge in [0, 0.05) is 23.5 Å². The SMILES string of the molecule is CC(C)C[C@H](NC(=O)[C@@H](Cc1c[nH]c2ccccc12)NC(=O)OC(C)(C)C)C(N)=O. The van der Waals surface area contributed by atoms with Gasteiger partial charge in [0.25, 0.3) is 0 Å². The van der Waals surface area contributed by atoms with Crippen LogP contribution >= 0.6 is 0 Å². The second-order valence-corrected chi connectivity index (χ2v) is 8.86. The Kier molecular flexibility index (Phi) is 7.48. The summed E-state index contributed by atoms with van der Waals surface area (Å²) in [6, 6.07) is 5.93. The van der Waals surface area contributed by atoms with Crippen LogP contribution in [0.3, 0.4) is 0 Å². The molecule has 2 aromatic rings. The zero-order chi connectivity index (χ0) is 22.5. The number of para-hydroxylation sites is 1. The third-order valence-electron chi connectivity index (χ3n) is 4.47. The number of nitrogens with one attached hydrogen (secondary N) is 3. The number of aromatic nitrogens is 1. The summed E-state index contributed by atoms with van der Waals surface area (Å²) in [5, 5.41) is 6.27. The minimum absolute atomic E-state index is 0.161. The van der Waals surface area contributed by atoms with Crippen molar-refractivity contribution in [3.05, 3.63) is 36.0 Å². The number of primary amides is 1. The van der Waals surface area contributed by atoms with Gasteiger partial charge in [0.1, 0.15) is 17.7 Å². The molecule has 8 heteroatoms. The van der Waals surface area contributed by atoms with Crippen LogP contribution in [0.1, 0.15) is 46.6 Å². The maximum Gasteiger partial charge on any atom is 0.408 e. The summed E-state index contributed by atoms with van der Waals surface area (Å²) in [6.07, 6.45) is 1.73. The van der Waals surface area contributed by atoms with Gasteiger partial charge in [-0.3, -0.25) is 9.59 Å². The Morgan fingerprint density at radius 1 is 1.10 bits per heavy atom. The van der Waals surface area contributed by atoms with Crippen LogP contribution in [0.15, 0.2) is 30.5 Å². The molecule has 1 heterocycles. The van der Waals surface area contributed by atoms with E-state index in [0.29, 0.717) is 6.42 Å². The summed E-state index contributed by atoms with van der Waals surface area (Å²) in [7, 11) is 0. The smallest absolute Gasteiger partial charge is 0.408 e. The first-order valence-corrected chi connectivity index (χ1v) is 10.1. The molecule has 0 spiro atoms. The molecule has 164 valence electrons. The Balaban J connectivity index is 2.24. The van der Waals surface area contributed by atoms with Crippen molar-refractivity contribution in [3.8, 4) is 0 Å². The summed E-state index contributed by atoms with van der Waals surface area (Å²) in [5.41, 5.74) is 6.54. The molecule has 3 amide bonds. The van der Waals surface area contributed by atoms with Crippen molar-refractivity contribution < 1.29 is 19.1 Å². The first kappa shape index (κ1) is 23.3. The number of carbonyl (C=O) groups is 3. The second kappa shape index (κ2) is 9.65. The minimum Gasteiger partial charge on any atom is -0.444 e. The van der Waals surface area contributed by atoms with Crippen molar-refractivity contribution in [2.45, 2.75) is 65.1 Å². The van der Waals surface area contributed by atoms with E-state index in [4.69, 9.17) is 10.5 Å². The number of amides is 3. The van der Waals surface area contributed by atoms with Crippen LogP contribution in [0.5, 0.6) is 0 Å². The van der Waals surface area contributed by atoms with Gasteiger partial charge < -0.3 is 26.1 Å². The standard InChI is InChI=1S/C22H32N4O4/c1-13(2)10-17(19(23)27)25-20(28)18(26-21(29)30-22(3,4)5)11-14-12-24-16-9-7-6-8-15(14)16/h6-9,12-13,17-18,24H,10-11H2,1-5H3,(H2,23,27)(H,25,28)(H,26,29)/t17-,18+/m0/s1.